The molecule has 2 unspecified atom stereocenters. The van der Waals surface area contributed by atoms with Crippen LogP contribution in [0.2, 0.25) is 0 Å². The van der Waals surface area contributed by atoms with Crippen molar-refractivity contribution in [2.24, 2.45) is 0 Å². The van der Waals surface area contributed by atoms with Crippen molar-refractivity contribution in [1.29, 1.82) is 0 Å². The first-order valence-electron chi connectivity index (χ1n) is 41.4. The first-order chi connectivity index (χ1) is 45.0. The maximum Gasteiger partial charge on any atom is 0.305 e. The van der Waals surface area contributed by atoms with E-state index in [1.807, 2.05) is 6.08 Å². The second kappa shape index (κ2) is 80.3. The summed E-state index contributed by atoms with van der Waals surface area (Å²) in [5, 5.41) is 23.3. The van der Waals surface area contributed by atoms with Crippen LogP contribution in [-0.4, -0.2) is 47.4 Å². The average Bonchev–Trinajstić information content (AvgIpc) is 3.74. The van der Waals surface area contributed by atoms with E-state index in [2.05, 4.69) is 55.6 Å². The molecular weight excluding hydrogens is 1110 g/mol. The molecule has 3 N–H and O–H groups in total. The largest absolute Gasteiger partial charge is 0.466 e. The van der Waals surface area contributed by atoms with Gasteiger partial charge in [0, 0.05) is 12.8 Å². The average molecular weight is 1280 g/mol. The Bertz CT molecular complexity index is 1520. The standard InChI is InChI=1S/C85H161NO5/c1-3-5-7-9-11-13-15-17-19-20-21-43-46-50-53-57-61-65-69-73-77-83(88)82(81-87)86-84(89)78-74-70-66-62-58-54-51-47-44-41-39-37-35-33-31-29-27-25-23-22-24-26-28-30-32-34-36-38-40-42-45-48-52-56-60-64-68-72-76-80-91-85(90)79-75-71-67-63-59-55-49-18-16-14-12-10-8-6-4-2/h12,14,18,22-23,49,73,77,82-83,87-88H,3-11,13,15-17,19-21,24-48,50-72,74-76,78-81H2,1-2H3,(H,86,89)/b14-12-,23-22-,49-18-,77-73+. The number of unbranched alkanes of at least 4 members (excludes halogenated alkanes) is 61. The maximum absolute atomic E-state index is 12.5. The third-order valence-electron chi connectivity index (χ3n) is 19.3. The third-order valence-corrected chi connectivity index (χ3v) is 19.3. The summed E-state index contributed by atoms with van der Waals surface area (Å²) < 4.78 is 5.50. The Labute approximate surface area is 569 Å². The van der Waals surface area contributed by atoms with Gasteiger partial charge in [0.2, 0.25) is 5.91 Å². The van der Waals surface area contributed by atoms with E-state index in [0.29, 0.717) is 19.4 Å². The molecule has 0 fully saturated rings. The Morgan fingerprint density at radius 1 is 0.308 bits per heavy atom. The molecule has 0 heterocycles. The number of allylic oxidation sites excluding steroid dienone is 7. The molecule has 0 aliphatic rings. The summed E-state index contributed by atoms with van der Waals surface area (Å²) in [5.74, 6) is -0.0508. The molecule has 0 saturated heterocycles. The summed E-state index contributed by atoms with van der Waals surface area (Å²) in [5.41, 5.74) is 0. The highest BCUT2D eigenvalue weighted by molar-refractivity contribution is 5.76. The molecule has 6 heteroatoms. The minimum absolute atomic E-state index is 0.00867. The lowest BCUT2D eigenvalue weighted by Crippen LogP contribution is -2.45. The van der Waals surface area contributed by atoms with E-state index in [-0.39, 0.29) is 18.5 Å². The molecular formula is C85H161NO5. The van der Waals surface area contributed by atoms with Gasteiger partial charge in [-0.2, -0.15) is 0 Å². The van der Waals surface area contributed by atoms with Gasteiger partial charge in [0.15, 0.2) is 0 Å². The Hall–Kier alpha value is -2.18. The molecule has 0 aromatic carbocycles. The lowest BCUT2D eigenvalue weighted by molar-refractivity contribution is -0.143. The number of carbonyl (C=O) groups is 2. The number of hydrogen-bond donors (Lipinski definition) is 3. The van der Waals surface area contributed by atoms with Crippen molar-refractivity contribution in [3.8, 4) is 0 Å². The molecule has 0 aromatic rings. The van der Waals surface area contributed by atoms with Crippen molar-refractivity contribution in [2.45, 2.75) is 469 Å². The fourth-order valence-corrected chi connectivity index (χ4v) is 13.0. The number of carbonyl (C=O) groups excluding carboxylic acids is 2. The predicted octanol–water partition coefficient (Wildman–Crippen LogP) is 27.5. The summed E-state index contributed by atoms with van der Waals surface area (Å²) >= 11 is 0. The van der Waals surface area contributed by atoms with Crippen LogP contribution in [0.15, 0.2) is 48.6 Å². The summed E-state index contributed by atoms with van der Waals surface area (Å²) in [6.07, 6.45) is 107. The van der Waals surface area contributed by atoms with E-state index < -0.39 is 12.1 Å². The van der Waals surface area contributed by atoms with Crippen LogP contribution in [0, 0.1) is 0 Å². The number of hydrogen-bond acceptors (Lipinski definition) is 5. The number of ether oxygens (including phenoxy) is 1. The van der Waals surface area contributed by atoms with E-state index in [9.17, 15) is 19.8 Å². The van der Waals surface area contributed by atoms with Gasteiger partial charge in [-0.1, -0.05) is 403 Å². The van der Waals surface area contributed by atoms with E-state index >= 15 is 0 Å². The monoisotopic (exact) mass is 1280 g/mol. The molecule has 6 nitrogen and oxygen atoms in total. The molecule has 0 spiro atoms. The molecule has 0 aliphatic heterocycles. The molecule has 0 bridgehead atoms. The lowest BCUT2D eigenvalue weighted by atomic mass is 10.0. The fraction of sp³-hybridized carbons (Fsp3) is 0.882. The third kappa shape index (κ3) is 76.7. The molecule has 0 aliphatic carbocycles. The summed E-state index contributed by atoms with van der Waals surface area (Å²) in [6, 6.07) is -0.626. The van der Waals surface area contributed by atoms with E-state index in [1.165, 1.54) is 379 Å². The van der Waals surface area contributed by atoms with Crippen LogP contribution in [0.1, 0.15) is 457 Å². The molecule has 91 heavy (non-hydrogen) atoms. The van der Waals surface area contributed by atoms with Crippen LogP contribution in [0.25, 0.3) is 0 Å². The van der Waals surface area contributed by atoms with Crippen LogP contribution < -0.4 is 5.32 Å². The number of amides is 1. The van der Waals surface area contributed by atoms with Gasteiger partial charge in [-0.3, -0.25) is 9.59 Å². The zero-order valence-electron chi connectivity index (χ0n) is 61.6. The lowest BCUT2D eigenvalue weighted by Gasteiger charge is -2.20. The quantitative estimate of drug-likeness (QED) is 0.0320. The Balaban J connectivity index is 3.35. The van der Waals surface area contributed by atoms with Crippen LogP contribution in [0.5, 0.6) is 0 Å². The zero-order chi connectivity index (χ0) is 65.6. The summed E-state index contributed by atoms with van der Waals surface area (Å²) in [6.45, 7) is 4.92. The predicted molar refractivity (Wildman–Crippen MR) is 402 cm³/mol. The van der Waals surface area contributed by atoms with Crippen LogP contribution >= 0.6 is 0 Å². The topological polar surface area (TPSA) is 95.9 Å². The van der Waals surface area contributed by atoms with Crippen molar-refractivity contribution < 1.29 is 24.5 Å². The summed E-state index contributed by atoms with van der Waals surface area (Å²) in [4.78, 5) is 24.6. The SMILES string of the molecule is CCCCC/C=C\C/C=C\CCCCCCCC(=O)OCCCCCCCCCCCCCCCCCCCC/C=C\CCCCCCCCCCCCCCCCCCCC(=O)NC(CO)C(O)/C=C/CCCCCCCCCCCCCCCCCCCC. The Morgan fingerprint density at radius 3 is 0.868 bits per heavy atom. The fourth-order valence-electron chi connectivity index (χ4n) is 13.0. The second-order valence-corrected chi connectivity index (χ2v) is 28.4. The van der Waals surface area contributed by atoms with Crippen LogP contribution in [0.3, 0.4) is 0 Å². The molecule has 1 amide bonds. The van der Waals surface area contributed by atoms with Crippen molar-refractivity contribution in [3.05, 3.63) is 48.6 Å². The van der Waals surface area contributed by atoms with Gasteiger partial charge in [0.05, 0.1) is 25.4 Å². The van der Waals surface area contributed by atoms with Crippen molar-refractivity contribution >= 4 is 11.9 Å². The molecule has 0 rings (SSSR count). The highest BCUT2D eigenvalue weighted by atomic mass is 16.5. The Kier molecular flexibility index (Phi) is 78.3. The van der Waals surface area contributed by atoms with Crippen molar-refractivity contribution in [2.75, 3.05) is 13.2 Å². The van der Waals surface area contributed by atoms with Gasteiger partial charge >= 0.3 is 5.97 Å². The molecule has 0 saturated carbocycles. The van der Waals surface area contributed by atoms with Crippen LogP contribution in [0.4, 0.5) is 0 Å². The number of rotatable bonds is 78. The second-order valence-electron chi connectivity index (χ2n) is 28.4. The zero-order valence-corrected chi connectivity index (χ0v) is 61.6. The van der Waals surface area contributed by atoms with Gasteiger partial charge in [-0.15, -0.1) is 0 Å². The molecule has 2 atom stereocenters. The molecule has 0 radical (unpaired) electrons. The number of aliphatic hydroxyl groups is 2. The normalized spacial score (nSPS) is 12.7. The van der Waals surface area contributed by atoms with Gasteiger partial charge in [-0.05, 0) is 89.9 Å². The van der Waals surface area contributed by atoms with E-state index in [1.54, 1.807) is 6.08 Å². The van der Waals surface area contributed by atoms with Crippen LogP contribution in [-0.2, 0) is 14.3 Å². The van der Waals surface area contributed by atoms with Gasteiger partial charge in [0.25, 0.3) is 0 Å². The molecule has 0 aromatic heterocycles. The first kappa shape index (κ1) is 88.8. The number of nitrogens with one attached hydrogen (secondary N) is 1. The Morgan fingerprint density at radius 2 is 0.549 bits per heavy atom. The van der Waals surface area contributed by atoms with E-state index in [4.69, 9.17) is 4.74 Å². The van der Waals surface area contributed by atoms with Gasteiger partial charge in [-0.25, -0.2) is 0 Å². The van der Waals surface area contributed by atoms with Gasteiger partial charge in [0.1, 0.15) is 0 Å². The van der Waals surface area contributed by atoms with Gasteiger partial charge < -0.3 is 20.3 Å². The minimum atomic E-state index is -0.843. The maximum atomic E-state index is 12.5. The molecule has 536 valence electrons. The van der Waals surface area contributed by atoms with Crippen molar-refractivity contribution in [3.63, 3.8) is 0 Å². The smallest absolute Gasteiger partial charge is 0.305 e. The van der Waals surface area contributed by atoms with E-state index in [0.717, 1.165) is 51.4 Å². The number of aliphatic hydroxyl groups excluding tert-OH is 2. The summed E-state index contributed by atoms with van der Waals surface area (Å²) in [7, 11) is 0. The minimum Gasteiger partial charge on any atom is -0.466 e. The highest BCUT2D eigenvalue weighted by Crippen LogP contribution is 2.20. The first-order valence-corrected chi connectivity index (χ1v) is 41.4. The highest BCUT2D eigenvalue weighted by Gasteiger charge is 2.18. The number of esters is 1. The van der Waals surface area contributed by atoms with Crippen molar-refractivity contribution in [1.82, 2.24) is 5.32 Å².